The van der Waals surface area contributed by atoms with E-state index in [1.165, 1.54) is 12.1 Å². The molecule has 9 heteroatoms. The number of hydrogen-bond donors (Lipinski definition) is 2. The first-order valence-electron chi connectivity index (χ1n) is 9.15. The molecule has 1 heterocycles. The zero-order valence-corrected chi connectivity index (χ0v) is 16.5. The number of carbonyl (C=O) groups is 2. The molecule has 1 saturated heterocycles. The summed E-state index contributed by atoms with van der Waals surface area (Å²) in [6.07, 6.45) is 1.70. The van der Waals surface area contributed by atoms with E-state index in [2.05, 4.69) is 10.0 Å². The van der Waals surface area contributed by atoms with Crippen LogP contribution in [0.1, 0.15) is 32.3 Å². The smallest absolute Gasteiger partial charge is 0.409 e. The van der Waals surface area contributed by atoms with Crippen LogP contribution in [0.2, 0.25) is 0 Å². The second-order valence-corrected chi connectivity index (χ2v) is 8.12. The van der Waals surface area contributed by atoms with Gasteiger partial charge in [-0.1, -0.05) is 19.1 Å². The van der Waals surface area contributed by atoms with Gasteiger partial charge in [-0.05, 0) is 43.9 Å². The van der Waals surface area contributed by atoms with E-state index in [4.69, 9.17) is 4.74 Å². The van der Waals surface area contributed by atoms with Gasteiger partial charge in [0.05, 0.1) is 18.0 Å². The molecule has 1 aromatic carbocycles. The number of benzene rings is 1. The summed E-state index contributed by atoms with van der Waals surface area (Å²) in [5, 5.41) is 2.81. The minimum absolute atomic E-state index is 0.0866. The highest BCUT2D eigenvalue weighted by molar-refractivity contribution is 7.89. The third-order valence-electron chi connectivity index (χ3n) is 4.45. The Morgan fingerprint density at radius 3 is 2.33 bits per heavy atom. The molecular formula is C18H27N3O5S. The van der Waals surface area contributed by atoms with E-state index in [1.54, 1.807) is 24.0 Å². The van der Waals surface area contributed by atoms with Crippen molar-refractivity contribution in [1.82, 2.24) is 14.9 Å². The van der Waals surface area contributed by atoms with Crippen molar-refractivity contribution in [2.75, 3.05) is 26.2 Å². The molecule has 0 saturated carbocycles. The molecule has 0 aromatic heterocycles. The highest BCUT2D eigenvalue weighted by atomic mass is 32.2. The predicted octanol–water partition coefficient (Wildman–Crippen LogP) is 1.26. The Bertz CT molecular complexity index is 741. The van der Waals surface area contributed by atoms with E-state index >= 15 is 0 Å². The van der Waals surface area contributed by atoms with Gasteiger partial charge in [-0.3, -0.25) is 4.79 Å². The van der Waals surface area contributed by atoms with Crippen molar-refractivity contribution in [3.63, 3.8) is 0 Å². The average molecular weight is 397 g/mol. The molecule has 0 bridgehead atoms. The number of sulfonamides is 1. The molecule has 1 fully saturated rings. The fourth-order valence-electron chi connectivity index (χ4n) is 2.85. The van der Waals surface area contributed by atoms with Gasteiger partial charge in [0, 0.05) is 19.1 Å². The number of carbonyl (C=O) groups excluding carboxylic acids is 2. The first kappa shape index (κ1) is 21.2. The van der Waals surface area contributed by atoms with Crippen LogP contribution in [0.4, 0.5) is 4.79 Å². The van der Waals surface area contributed by atoms with Gasteiger partial charge in [0.1, 0.15) is 0 Å². The molecule has 1 aromatic rings. The second kappa shape index (κ2) is 9.70. The van der Waals surface area contributed by atoms with Crippen LogP contribution in [0.5, 0.6) is 0 Å². The van der Waals surface area contributed by atoms with E-state index in [9.17, 15) is 18.0 Å². The summed E-state index contributed by atoms with van der Waals surface area (Å²) in [5.74, 6) is -0.390. The Labute approximate surface area is 160 Å². The van der Waals surface area contributed by atoms with Gasteiger partial charge < -0.3 is 15.0 Å². The number of aryl methyl sites for hydroxylation is 1. The van der Waals surface area contributed by atoms with Gasteiger partial charge in [-0.25, -0.2) is 17.9 Å². The lowest BCUT2D eigenvalue weighted by atomic mass is 10.1. The van der Waals surface area contributed by atoms with Gasteiger partial charge in [-0.15, -0.1) is 0 Å². The summed E-state index contributed by atoms with van der Waals surface area (Å²) in [6, 6.07) is 6.49. The summed E-state index contributed by atoms with van der Waals surface area (Å²) in [4.78, 5) is 25.5. The Kier molecular flexibility index (Phi) is 7.61. The number of piperidine rings is 1. The lowest BCUT2D eigenvalue weighted by molar-refractivity contribution is -0.120. The van der Waals surface area contributed by atoms with Crippen LogP contribution in [-0.4, -0.2) is 57.6 Å². The summed E-state index contributed by atoms with van der Waals surface area (Å²) >= 11 is 0. The zero-order valence-electron chi connectivity index (χ0n) is 15.7. The van der Waals surface area contributed by atoms with E-state index in [0.717, 1.165) is 12.0 Å². The first-order valence-corrected chi connectivity index (χ1v) is 10.6. The van der Waals surface area contributed by atoms with Gasteiger partial charge >= 0.3 is 6.09 Å². The lowest BCUT2D eigenvalue weighted by Crippen LogP contribution is -2.48. The molecule has 0 radical (unpaired) electrons. The minimum Gasteiger partial charge on any atom is -0.450 e. The van der Waals surface area contributed by atoms with Gasteiger partial charge in [0.25, 0.3) is 0 Å². The highest BCUT2D eigenvalue weighted by Gasteiger charge is 2.25. The zero-order chi connectivity index (χ0) is 19.9. The van der Waals surface area contributed by atoms with Crippen LogP contribution >= 0.6 is 0 Å². The summed E-state index contributed by atoms with van der Waals surface area (Å²) in [5.41, 5.74) is 1.04. The predicted molar refractivity (Wildman–Crippen MR) is 101 cm³/mol. The minimum atomic E-state index is -3.73. The molecule has 2 amide bonds. The molecular weight excluding hydrogens is 370 g/mol. The van der Waals surface area contributed by atoms with Crippen molar-refractivity contribution < 1.29 is 22.7 Å². The number of nitrogens with zero attached hydrogens (tertiary/aromatic N) is 1. The Morgan fingerprint density at radius 1 is 1.15 bits per heavy atom. The quantitative estimate of drug-likeness (QED) is 0.721. The van der Waals surface area contributed by atoms with Gasteiger partial charge in [-0.2, -0.15) is 0 Å². The number of rotatable bonds is 7. The van der Waals surface area contributed by atoms with Crippen LogP contribution in [0.25, 0.3) is 0 Å². The van der Waals surface area contributed by atoms with Crippen LogP contribution < -0.4 is 10.0 Å². The number of nitrogens with one attached hydrogen (secondary N) is 2. The van der Waals surface area contributed by atoms with E-state index < -0.39 is 15.9 Å². The molecule has 2 N–H and O–H groups in total. The van der Waals surface area contributed by atoms with Crippen LogP contribution in [0.15, 0.2) is 29.2 Å². The molecule has 27 heavy (non-hydrogen) atoms. The average Bonchev–Trinajstić information content (AvgIpc) is 2.67. The maximum absolute atomic E-state index is 12.3. The maximum Gasteiger partial charge on any atom is 0.409 e. The molecule has 2 rings (SSSR count). The molecule has 1 aliphatic heterocycles. The Morgan fingerprint density at radius 2 is 1.78 bits per heavy atom. The number of ether oxygens (including phenoxy) is 1. The van der Waals surface area contributed by atoms with Crippen molar-refractivity contribution in [2.45, 2.75) is 44.0 Å². The summed E-state index contributed by atoms with van der Waals surface area (Å²) in [6.45, 7) is 4.75. The topological polar surface area (TPSA) is 105 Å². The molecule has 0 spiro atoms. The van der Waals surface area contributed by atoms with Crippen molar-refractivity contribution in [3.8, 4) is 0 Å². The fraction of sp³-hybridized carbons (Fsp3) is 0.556. The number of amides is 2. The number of likely N-dealkylation sites (tertiary alicyclic amines) is 1. The van der Waals surface area contributed by atoms with E-state index in [0.29, 0.717) is 32.5 Å². The number of hydrogen-bond acceptors (Lipinski definition) is 5. The van der Waals surface area contributed by atoms with Gasteiger partial charge in [0.2, 0.25) is 15.9 Å². The molecule has 0 atom stereocenters. The molecule has 8 nitrogen and oxygen atoms in total. The van der Waals surface area contributed by atoms with Crippen LogP contribution in [-0.2, 0) is 26.0 Å². The summed E-state index contributed by atoms with van der Waals surface area (Å²) < 4.78 is 31.8. The standard InChI is InChI=1S/C18H27N3O5S/c1-3-14-5-7-16(8-6-14)27(24,25)19-13-17(22)20-15-9-11-21(12-10-15)18(23)26-4-2/h5-8,15,19H,3-4,9-13H2,1-2H3,(H,20,22). The largest absolute Gasteiger partial charge is 0.450 e. The lowest BCUT2D eigenvalue weighted by Gasteiger charge is -2.31. The monoisotopic (exact) mass is 397 g/mol. The second-order valence-electron chi connectivity index (χ2n) is 6.35. The molecule has 0 unspecified atom stereocenters. The Balaban J connectivity index is 1.78. The molecule has 150 valence electrons. The third-order valence-corrected chi connectivity index (χ3v) is 5.87. The van der Waals surface area contributed by atoms with E-state index in [1.807, 2.05) is 6.92 Å². The maximum atomic E-state index is 12.3. The van der Waals surface area contributed by atoms with E-state index in [-0.39, 0.29) is 23.6 Å². The summed E-state index contributed by atoms with van der Waals surface area (Å²) in [7, 11) is -3.73. The molecule has 1 aliphatic rings. The first-order chi connectivity index (χ1) is 12.9. The van der Waals surface area contributed by atoms with Crippen LogP contribution in [0.3, 0.4) is 0 Å². The highest BCUT2D eigenvalue weighted by Crippen LogP contribution is 2.12. The van der Waals surface area contributed by atoms with Crippen molar-refractivity contribution in [3.05, 3.63) is 29.8 Å². The van der Waals surface area contributed by atoms with Crippen LogP contribution in [0, 0.1) is 0 Å². The SMILES string of the molecule is CCOC(=O)N1CCC(NC(=O)CNS(=O)(=O)c2ccc(CC)cc2)CC1. The van der Waals surface area contributed by atoms with Crippen molar-refractivity contribution in [1.29, 1.82) is 0 Å². The normalized spacial score (nSPS) is 15.4. The Hall–Kier alpha value is -2.13. The fourth-order valence-corrected chi connectivity index (χ4v) is 3.83. The van der Waals surface area contributed by atoms with Crippen molar-refractivity contribution in [2.24, 2.45) is 0 Å². The van der Waals surface area contributed by atoms with Crippen molar-refractivity contribution >= 4 is 22.0 Å². The third kappa shape index (κ3) is 6.21. The molecule has 0 aliphatic carbocycles. The van der Waals surface area contributed by atoms with Gasteiger partial charge in [0.15, 0.2) is 0 Å².